The first-order valence-electron chi connectivity index (χ1n) is 10.2. The Morgan fingerprint density at radius 3 is 2.52 bits per heavy atom. The number of hydrogen-bond acceptors (Lipinski definition) is 4. The number of carbonyl (C=O) groups excluding carboxylic acids is 2. The van der Waals surface area contributed by atoms with Crippen LogP contribution in [0, 0.1) is 7.43 Å². The number of rotatable bonds is 4. The van der Waals surface area contributed by atoms with Crippen molar-refractivity contribution in [3.63, 3.8) is 0 Å². The molecule has 1 saturated carbocycles. The fourth-order valence-corrected chi connectivity index (χ4v) is 4.03. The molecule has 7 heteroatoms. The van der Waals surface area contributed by atoms with Gasteiger partial charge >= 0.3 is 75.0 Å². The summed E-state index contributed by atoms with van der Waals surface area (Å²) < 4.78 is 11.3. The summed E-state index contributed by atoms with van der Waals surface area (Å²) in [5.74, 6) is 0.480. The van der Waals surface area contributed by atoms with Crippen LogP contribution in [0.1, 0.15) is 51.1 Å². The number of nitrogens with zero attached hydrogens (tertiary/aromatic N) is 1. The van der Waals surface area contributed by atoms with Crippen molar-refractivity contribution >= 4 is 23.4 Å². The van der Waals surface area contributed by atoms with Crippen LogP contribution in [0.15, 0.2) is 48.5 Å². The number of nitrogens with one attached hydrogen (secondary N) is 1. The van der Waals surface area contributed by atoms with Gasteiger partial charge in [0.05, 0.1) is 11.7 Å². The third-order valence-corrected chi connectivity index (χ3v) is 5.60. The van der Waals surface area contributed by atoms with Crippen LogP contribution in [0.25, 0.3) is 0 Å². The summed E-state index contributed by atoms with van der Waals surface area (Å²) >= 11 is 0. The summed E-state index contributed by atoms with van der Waals surface area (Å²) in [5.41, 5.74) is 2.32. The molecule has 2 amide bonds. The van der Waals surface area contributed by atoms with Crippen molar-refractivity contribution < 1.29 is 88.0 Å². The molecule has 2 aliphatic rings. The van der Waals surface area contributed by atoms with Crippen molar-refractivity contribution in [2.24, 2.45) is 0 Å². The minimum absolute atomic E-state index is 0. The maximum absolute atomic E-state index is 12.9. The quantitative estimate of drug-likeness (QED) is 0.604. The second-order valence-corrected chi connectivity index (χ2v) is 7.67. The van der Waals surface area contributed by atoms with Crippen molar-refractivity contribution in [3.8, 4) is 5.75 Å². The molecule has 2 aromatic rings. The predicted molar refractivity (Wildman–Crippen MR) is 118 cm³/mol. The van der Waals surface area contributed by atoms with Gasteiger partial charge in [-0.3, -0.25) is 15.0 Å². The molecule has 1 fully saturated rings. The molecule has 1 aliphatic heterocycles. The Kier molecular flexibility index (Phi) is 9.98. The molecule has 1 heterocycles. The van der Waals surface area contributed by atoms with Gasteiger partial charge in [-0.15, -0.1) is 0 Å². The number of ether oxygens (including phenoxy) is 2. The van der Waals surface area contributed by atoms with E-state index >= 15 is 0 Å². The van der Waals surface area contributed by atoms with Gasteiger partial charge in [-0.1, -0.05) is 30.3 Å². The van der Waals surface area contributed by atoms with E-state index in [1.165, 1.54) is 0 Å². The topological polar surface area (TPSA) is 67.9 Å². The van der Waals surface area contributed by atoms with Crippen LogP contribution in [0.3, 0.4) is 0 Å². The monoisotopic (exact) mass is 542 g/mol. The Bertz CT molecular complexity index is 900. The zero-order chi connectivity index (χ0) is 20.4. The van der Waals surface area contributed by atoms with Gasteiger partial charge in [0.2, 0.25) is 0 Å². The van der Waals surface area contributed by atoms with Crippen molar-refractivity contribution in [1.29, 1.82) is 0 Å². The van der Waals surface area contributed by atoms with Crippen LogP contribution in [0.4, 0.5) is 16.2 Å². The summed E-state index contributed by atoms with van der Waals surface area (Å²) in [5, 5.41) is 2.78. The molecule has 2 aromatic carbocycles. The molecule has 2 unspecified atom stereocenters. The molecule has 0 bridgehead atoms. The molecule has 1 N–H and O–H groups in total. The molecule has 0 saturated heterocycles. The normalized spacial score (nSPS) is 18.7. The third-order valence-electron chi connectivity index (χ3n) is 5.60. The van der Waals surface area contributed by atoms with Crippen molar-refractivity contribution in [1.82, 2.24) is 0 Å². The number of amides is 2. The van der Waals surface area contributed by atoms with Gasteiger partial charge < -0.3 is 16.9 Å². The molecule has 160 valence electrons. The van der Waals surface area contributed by atoms with Crippen LogP contribution in [-0.4, -0.2) is 24.2 Å². The van der Waals surface area contributed by atoms with Gasteiger partial charge in [0.25, 0.3) is 5.91 Å². The van der Waals surface area contributed by atoms with Crippen LogP contribution in [0.2, 0.25) is 0 Å². The predicted octanol–water partition coefficient (Wildman–Crippen LogP) is 2.51. The second-order valence-electron chi connectivity index (χ2n) is 7.67. The smallest absolute Gasteiger partial charge is 0.479 e. The summed E-state index contributed by atoms with van der Waals surface area (Å²) in [6.45, 7) is 3.74. The van der Waals surface area contributed by atoms with Gasteiger partial charge in [-0.05, 0) is 57.2 Å². The molecule has 0 radical (unpaired) electrons. The average Bonchev–Trinajstić information content (AvgIpc) is 3.22. The number of anilines is 2. The van der Waals surface area contributed by atoms with Gasteiger partial charge in [0.1, 0.15) is 11.9 Å². The minimum atomic E-state index is -0.602. The fourth-order valence-electron chi connectivity index (χ4n) is 4.03. The van der Waals surface area contributed by atoms with Crippen LogP contribution in [-0.2, 0) is 9.53 Å². The molecule has 0 aromatic heterocycles. The van der Waals surface area contributed by atoms with Crippen molar-refractivity contribution in [2.45, 2.75) is 57.8 Å². The number of benzene rings is 2. The van der Waals surface area contributed by atoms with E-state index in [4.69, 9.17) is 9.47 Å². The van der Waals surface area contributed by atoms with E-state index in [9.17, 15) is 9.59 Å². The van der Waals surface area contributed by atoms with Gasteiger partial charge in [-0.25, -0.2) is 4.79 Å². The average molecular weight is 542 g/mol. The Hall–Kier alpha value is -0.968. The van der Waals surface area contributed by atoms with E-state index in [0.29, 0.717) is 17.1 Å². The fraction of sp³-hybridized carbons (Fsp3) is 0.375. The van der Waals surface area contributed by atoms with E-state index in [0.717, 1.165) is 31.2 Å². The number of fused-ring (bicyclic) bond motifs is 1. The molecular weight excluding hydrogens is 513 g/mol. The van der Waals surface area contributed by atoms with Crippen LogP contribution < -0.4 is 83.8 Å². The van der Waals surface area contributed by atoms with Crippen LogP contribution >= 0.6 is 0 Å². The molecule has 2 atom stereocenters. The second kappa shape index (κ2) is 11.8. The van der Waals surface area contributed by atoms with Gasteiger partial charge in [-0.2, -0.15) is 0 Å². The maximum atomic E-state index is 12.9. The van der Waals surface area contributed by atoms with E-state index in [1.54, 1.807) is 24.0 Å². The number of carbonyl (C=O) groups is 2. The van der Waals surface area contributed by atoms with E-state index in [-0.39, 0.29) is 94.4 Å². The number of hydrogen-bond donors (Lipinski definition) is 1. The molecule has 4 rings (SSSR count). The largest absolute Gasteiger partial charge is 1.00 e. The summed E-state index contributed by atoms with van der Waals surface area (Å²) in [6.07, 6.45) is 3.00. The van der Waals surface area contributed by atoms with E-state index in [2.05, 4.69) is 5.32 Å². The van der Waals surface area contributed by atoms with E-state index < -0.39 is 12.2 Å². The molecule has 31 heavy (non-hydrogen) atoms. The van der Waals surface area contributed by atoms with Crippen molar-refractivity contribution in [3.05, 3.63) is 61.5 Å². The molecule has 0 spiro atoms. The molecular formula is C24H29CsN2O4. The van der Waals surface area contributed by atoms with Crippen molar-refractivity contribution in [2.75, 3.05) is 10.2 Å². The SMILES string of the molecule is CC1Oc2cc(NC(=O)OC3CCCC3)ccc2N(C(C)c2ccccc2)C1=O.[CH3-].[Cs+]. The minimum Gasteiger partial charge on any atom is -0.479 e. The molecule has 1 aliphatic carbocycles. The Labute approximate surface area is 243 Å². The Balaban J connectivity index is 0.00000171. The zero-order valence-electron chi connectivity index (χ0n) is 18.8. The summed E-state index contributed by atoms with van der Waals surface area (Å²) in [4.78, 5) is 26.8. The zero-order valence-corrected chi connectivity index (χ0v) is 25.0. The first kappa shape index (κ1) is 26.3. The first-order valence-corrected chi connectivity index (χ1v) is 10.2. The van der Waals surface area contributed by atoms with E-state index in [1.807, 2.05) is 43.3 Å². The maximum Gasteiger partial charge on any atom is 1.00 e. The summed E-state index contributed by atoms with van der Waals surface area (Å²) in [6, 6.07) is 15.1. The first-order chi connectivity index (χ1) is 14.0. The van der Waals surface area contributed by atoms with Gasteiger partial charge in [0, 0.05) is 11.8 Å². The third kappa shape index (κ3) is 6.09. The van der Waals surface area contributed by atoms with Gasteiger partial charge in [0.15, 0.2) is 6.10 Å². The molecule has 6 nitrogen and oxygen atoms in total. The Morgan fingerprint density at radius 2 is 1.84 bits per heavy atom. The van der Waals surface area contributed by atoms with Crippen LogP contribution in [0.5, 0.6) is 5.75 Å². The Morgan fingerprint density at radius 1 is 1.16 bits per heavy atom. The summed E-state index contributed by atoms with van der Waals surface area (Å²) in [7, 11) is 0. The standard InChI is InChI=1S/C23H26N2O4.CH3.Cs/c1-15(17-8-4-3-5-9-17)25-20-13-12-18(14-21(20)28-16(2)22(25)26)24-23(27)29-19-10-6-7-11-19;;/h3-5,8-9,12-16,19H,6-7,10-11H2,1-2H3,(H,24,27);1H3;/q;-1;+1.